The number of nitrogens with one attached hydrogen (secondary N) is 1. The van der Waals surface area contributed by atoms with Crippen molar-refractivity contribution in [2.24, 2.45) is 0 Å². The Hall–Kier alpha value is -3.23. The summed E-state index contributed by atoms with van der Waals surface area (Å²) in [5.74, 6) is -3.82. The number of hydrogen-bond acceptors (Lipinski definition) is 5. The van der Waals surface area contributed by atoms with E-state index in [2.05, 4.69) is 15.4 Å². The molecule has 1 aliphatic rings. The van der Waals surface area contributed by atoms with Crippen molar-refractivity contribution in [1.29, 1.82) is 0 Å². The smallest absolute Gasteiger partial charge is 0.321 e. The van der Waals surface area contributed by atoms with Crippen LogP contribution in [0.25, 0.3) is 10.9 Å². The molecule has 1 aliphatic carbocycles. The summed E-state index contributed by atoms with van der Waals surface area (Å²) >= 11 is 0. The van der Waals surface area contributed by atoms with Crippen molar-refractivity contribution < 1.29 is 23.4 Å². The van der Waals surface area contributed by atoms with Crippen molar-refractivity contribution in [2.45, 2.75) is 51.3 Å². The minimum absolute atomic E-state index is 0.129. The Morgan fingerprint density at radius 2 is 2.13 bits per heavy atom. The minimum Gasteiger partial charge on any atom is -0.508 e. The molecule has 1 amide bonds. The molecule has 2 heterocycles. The summed E-state index contributed by atoms with van der Waals surface area (Å²) in [6, 6.07) is 9.97. The zero-order valence-electron chi connectivity index (χ0n) is 16.8. The molecule has 1 fully saturated rings. The first kappa shape index (κ1) is 21.5. The Morgan fingerprint density at radius 3 is 2.77 bits per heavy atom. The van der Waals surface area contributed by atoms with Gasteiger partial charge < -0.3 is 15.2 Å². The van der Waals surface area contributed by atoms with Crippen LogP contribution in [0.3, 0.4) is 0 Å². The van der Waals surface area contributed by atoms with Crippen LogP contribution < -0.4 is 10.1 Å². The molecule has 4 rings (SSSR count). The van der Waals surface area contributed by atoms with Crippen LogP contribution in [0.2, 0.25) is 0 Å². The number of phenolic OH excluding ortho intramolecular Hbond substituents is 1. The second kappa shape index (κ2) is 9.06. The summed E-state index contributed by atoms with van der Waals surface area (Å²) in [7, 11) is 0. The molecule has 2 N–H and O–H groups in total. The van der Waals surface area contributed by atoms with Crippen LogP contribution in [-0.2, 0) is 11.3 Å². The van der Waals surface area contributed by atoms with E-state index in [1.807, 2.05) is 18.2 Å². The lowest BCUT2D eigenvalue weighted by Crippen LogP contribution is -2.44. The van der Waals surface area contributed by atoms with E-state index < -0.39 is 17.9 Å². The van der Waals surface area contributed by atoms with E-state index in [1.54, 1.807) is 36.1 Å². The van der Waals surface area contributed by atoms with Crippen molar-refractivity contribution in [3.8, 4) is 11.6 Å². The van der Waals surface area contributed by atoms with Gasteiger partial charge in [0.1, 0.15) is 11.9 Å². The van der Waals surface area contributed by atoms with Crippen LogP contribution in [0.5, 0.6) is 11.6 Å². The Kier molecular flexibility index (Phi) is 6.49. The largest absolute Gasteiger partial charge is 0.508 e. The van der Waals surface area contributed by atoms with E-state index in [9.17, 15) is 18.7 Å². The van der Waals surface area contributed by atoms with Crippen molar-refractivity contribution in [2.75, 3.05) is 0 Å². The molecular formula is C21H24F2N4O3. The van der Waals surface area contributed by atoms with Gasteiger partial charge in [0.15, 0.2) is 0 Å². The van der Waals surface area contributed by atoms with Gasteiger partial charge in [-0.1, -0.05) is 6.07 Å². The number of fused-ring (bicyclic) bond motifs is 1. The fraction of sp³-hybridized carbons (Fsp3) is 0.381. The summed E-state index contributed by atoms with van der Waals surface area (Å²) in [6.45, 7) is 2.44. The monoisotopic (exact) mass is 418 g/mol. The van der Waals surface area contributed by atoms with Crippen LogP contribution in [0.4, 0.5) is 8.78 Å². The van der Waals surface area contributed by atoms with E-state index in [0.29, 0.717) is 13.0 Å². The van der Waals surface area contributed by atoms with Crippen LogP contribution in [-0.4, -0.2) is 43.8 Å². The Labute approximate surface area is 172 Å². The average Bonchev–Trinajstić information content (AvgIpc) is 3.42. The van der Waals surface area contributed by atoms with E-state index >= 15 is 0 Å². The van der Waals surface area contributed by atoms with E-state index in [4.69, 9.17) is 4.74 Å². The molecule has 2 aromatic heterocycles. The van der Waals surface area contributed by atoms with Gasteiger partial charge in [0.25, 0.3) is 5.91 Å². The first-order valence-electron chi connectivity index (χ1n) is 9.63. The lowest BCUT2D eigenvalue weighted by Gasteiger charge is -2.17. The molecule has 1 saturated carbocycles. The summed E-state index contributed by atoms with van der Waals surface area (Å²) in [6.07, 6.45) is 6.15. The molecule has 0 saturated heterocycles. The second-order valence-corrected chi connectivity index (χ2v) is 7.32. The number of ether oxygens (including phenoxy) is 1. The van der Waals surface area contributed by atoms with Gasteiger partial charge in [-0.15, -0.1) is 0 Å². The predicted octanol–water partition coefficient (Wildman–Crippen LogP) is 3.52. The van der Waals surface area contributed by atoms with Gasteiger partial charge in [-0.05, 0) is 44.0 Å². The molecule has 0 radical (unpaired) electrons. The van der Waals surface area contributed by atoms with Crippen molar-refractivity contribution >= 4 is 16.8 Å². The lowest BCUT2D eigenvalue weighted by atomic mass is 10.2. The van der Waals surface area contributed by atoms with Crippen molar-refractivity contribution in [1.82, 2.24) is 20.1 Å². The highest BCUT2D eigenvalue weighted by Gasteiger charge is 2.33. The number of halogens is 2. The number of pyridine rings is 1. The highest BCUT2D eigenvalue weighted by molar-refractivity contribution is 5.83. The minimum atomic E-state index is -3.40. The van der Waals surface area contributed by atoms with Gasteiger partial charge in [-0.25, -0.2) is 4.98 Å². The zero-order valence-corrected chi connectivity index (χ0v) is 16.8. The van der Waals surface area contributed by atoms with Gasteiger partial charge in [0.05, 0.1) is 18.3 Å². The van der Waals surface area contributed by atoms with E-state index in [0.717, 1.165) is 16.8 Å². The molecule has 0 aliphatic heterocycles. The summed E-state index contributed by atoms with van der Waals surface area (Å²) < 4.78 is 32.6. The summed E-state index contributed by atoms with van der Waals surface area (Å²) in [5.41, 5.74) is 0.757. The number of amides is 1. The van der Waals surface area contributed by atoms with E-state index in [1.165, 1.54) is 18.9 Å². The molecule has 0 spiro atoms. The third-order valence-electron chi connectivity index (χ3n) is 4.30. The molecule has 1 unspecified atom stereocenters. The molecule has 1 atom stereocenters. The second-order valence-electron chi connectivity index (χ2n) is 7.32. The number of carbonyl (C=O) groups is 1. The first-order valence-corrected chi connectivity index (χ1v) is 9.63. The number of alkyl halides is 2. The van der Waals surface area contributed by atoms with Gasteiger partial charge in [-0.2, -0.15) is 13.9 Å². The Balaban J connectivity index is 0.000000212. The van der Waals surface area contributed by atoms with Crippen molar-refractivity contribution in [3.05, 3.63) is 48.8 Å². The number of carbonyl (C=O) groups excluding carboxylic acids is 1. The van der Waals surface area contributed by atoms with Gasteiger partial charge >= 0.3 is 5.92 Å². The highest BCUT2D eigenvalue weighted by Crippen LogP contribution is 2.24. The average molecular weight is 418 g/mol. The maximum absolute atomic E-state index is 12.8. The molecule has 7 nitrogen and oxygen atoms in total. The number of nitrogens with zero attached hydrogens (tertiary/aromatic N) is 3. The fourth-order valence-electron chi connectivity index (χ4n) is 2.65. The predicted molar refractivity (Wildman–Crippen MR) is 108 cm³/mol. The molecule has 30 heavy (non-hydrogen) atoms. The number of benzene rings is 1. The fourth-order valence-corrected chi connectivity index (χ4v) is 2.65. The molecular weight excluding hydrogens is 394 g/mol. The lowest BCUT2D eigenvalue weighted by molar-refractivity contribution is -0.143. The number of aromatic hydroxyl groups is 1. The molecule has 9 heteroatoms. The topological polar surface area (TPSA) is 89.3 Å². The molecule has 0 bridgehead atoms. The standard InChI is InChI=1S/C13H15F2N3O2.C8H9NO/c1-8(17-12(20)13(2,14)15)7-18-11-4-3-10(19)5-9(11)6-16-18;1-2-6-9-8(3-1)10-7-4-5-7/h3-6,8,19H,7H2,1-2H3,(H,17,20);1-3,6-7H,4-5H2. The van der Waals surface area contributed by atoms with Gasteiger partial charge in [0, 0.05) is 30.6 Å². The Morgan fingerprint density at radius 1 is 1.37 bits per heavy atom. The SMILES string of the molecule is CC(Cn1ncc2cc(O)ccc21)NC(=O)C(C)(F)F.c1ccc(OC2CC2)nc1. The van der Waals surface area contributed by atoms with E-state index in [-0.39, 0.29) is 12.3 Å². The maximum Gasteiger partial charge on any atom is 0.321 e. The van der Waals surface area contributed by atoms with Crippen LogP contribution in [0.15, 0.2) is 48.8 Å². The number of aromatic nitrogens is 3. The Bertz CT molecular complexity index is 985. The maximum atomic E-state index is 12.8. The van der Waals surface area contributed by atoms with Crippen molar-refractivity contribution in [3.63, 3.8) is 0 Å². The van der Waals surface area contributed by atoms with Crippen LogP contribution in [0.1, 0.15) is 26.7 Å². The third kappa shape index (κ3) is 6.13. The summed E-state index contributed by atoms with van der Waals surface area (Å²) in [4.78, 5) is 15.2. The number of phenols is 1. The summed E-state index contributed by atoms with van der Waals surface area (Å²) in [5, 5.41) is 16.4. The quantitative estimate of drug-likeness (QED) is 0.639. The molecule has 160 valence electrons. The number of hydrogen-bond donors (Lipinski definition) is 2. The van der Waals surface area contributed by atoms with Crippen LogP contribution >= 0.6 is 0 Å². The van der Waals surface area contributed by atoms with Gasteiger partial charge in [-0.3, -0.25) is 9.48 Å². The molecule has 1 aromatic carbocycles. The molecule has 3 aromatic rings. The first-order chi connectivity index (χ1) is 14.2. The normalized spacial score (nSPS) is 14.5. The zero-order chi connectivity index (χ0) is 21.7. The van der Waals surface area contributed by atoms with Crippen LogP contribution in [0, 0.1) is 0 Å². The highest BCUT2D eigenvalue weighted by atomic mass is 19.3. The van der Waals surface area contributed by atoms with Gasteiger partial charge in [0.2, 0.25) is 5.88 Å². The number of rotatable bonds is 6. The third-order valence-corrected chi connectivity index (χ3v) is 4.30.